The number of aromatic nitrogens is 5. The normalized spacial score (nSPS) is 17.7. The minimum absolute atomic E-state index is 0.516. The second-order valence-electron chi connectivity index (χ2n) is 11.4. The van der Waals surface area contributed by atoms with Crippen LogP contribution in [0, 0.1) is 6.92 Å². The molecule has 3 aromatic heterocycles. The van der Waals surface area contributed by atoms with Crippen LogP contribution in [0.25, 0.3) is 44.7 Å². The summed E-state index contributed by atoms with van der Waals surface area (Å²) in [6, 6.07) is 13.3. The molecule has 2 aromatic carbocycles. The molecule has 5 aromatic rings. The maximum Gasteiger partial charge on any atom is 0.165 e. The summed E-state index contributed by atoms with van der Waals surface area (Å²) in [6.45, 7) is 2.75. The number of hydrogen-bond donors (Lipinski definition) is 2. The molecule has 6 heteroatoms. The van der Waals surface area contributed by atoms with Gasteiger partial charge in [-0.2, -0.15) is 0 Å². The summed E-state index contributed by atoms with van der Waals surface area (Å²) in [5, 5.41) is 1.27. The zero-order chi connectivity index (χ0) is 25.2. The summed E-state index contributed by atoms with van der Waals surface area (Å²) in [6.07, 6.45) is 14.2. The number of aryl methyl sites for hydroxylation is 1. The molecule has 0 atom stereocenters. The molecule has 2 saturated carbocycles. The highest BCUT2D eigenvalue weighted by Crippen LogP contribution is 2.44. The van der Waals surface area contributed by atoms with Crippen molar-refractivity contribution in [2.45, 2.75) is 76.9 Å². The van der Waals surface area contributed by atoms with Crippen LogP contribution < -0.4 is 4.74 Å². The molecule has 0 radical (unpaired) electrons. The van der Waals surface area contributed by atoms with Crippen LogP contribution >= 0.6 is 0 Å². The largest absolute Gasteiger partial charge is 0.472 e. The van der Waals surface area contributed by atoms with Gasteiger partial charge in [-0.3, -0.25) is 0 Å². The van der Waals surface area contributed by atoms with E-state index < -0.39 is 0 Å². The van der Waals surface area contributed by atoms with Crippen molar-refractivity contribution in [3.63, 3.8) is 0 Å². The maximum absolute atomic E-state index is 6.33. The van der Waals surface area contributed by atoms with E-state index in [-0.39, 0.29) is 0 Å². The van der Waals surface area contributed by atoms with E-state index >= 15 is 0 Å². The highest BCUT2D eigenvalue weighted by molar-refractivity contribution is 5.95. The fourth-order valence-electron chi connectivity index (χ4n) is 7.09. The van der Waals surface area contributed by atoms with E-state index in [2.05, 4.69) is 57.9 Å². The van der Waals surface area contributed by atoms with Gasteiger partial charge in [0.15, 0.2) is 6.73 Å². The lowest BCUT2D eigenvalue weighted by atomic mass is 10.0. The van der Waals surface area contributed by atoms with Gasteiger partial charge in [0.25, 0.3) is 0 Å². The van der Waals surface area contributed by atoms with Crippen LogP contribution in [-0.2, 0) is 6.73 Å². The SMILES string of the molecule is Cc1c2n(c3ccc(-c4cnc(C5CCCC5)[nH]4)cc13)COc1cc(-c3cnc(C4CCCC4)[nH]3)ccc1-2. The highest BCUT2D eigenvalue weighted by Gasteiger charge is 2.25. The zero-order valence-corrected chi connectivity index (χ0v) is 21.9. The number of nitrogens with zero attached hydrogens (tertiary/aromatic N) is 3. The monoisotopic (exact) mass is 503 g/mol. The first-order valence-electron chi connectivity index (χ1n) is 14.2. The standard InChI is InChI=1S/C32H33N5O/c1-19-25-14-22(26-16-33-31(35-26)20-6-2-3-7-20)11-13-28(25)37-18-38-29-15-23(10-12-24(29)30(19)37)27-17-34-32(36-27)21-8-4-5-9-21/h10-17,20-21H,2-9,18H2,1H3,(H,33,35)(H,34,36). The van der Waals surface area contributed by atoms with Gasteiger partial charge < -0.3 is 19.3 Å². The molecular formula is C32H33N5O. The molecule has 192 valence electrons. The molecule has 8 rings (SSSR count). The molecule has 0 saturated heterocycles. The van der Waals surface area contributed by atoms with E-state index in [4.69, 9.17) is 14.7 Å². The minimum Gasteiger partial charge on any atom is -0.472 e. The van der Waals surface area contributed by atoms with Crippen LogP contribution in [0.3, 0.4) is 0 Å². The highest BCUT2D eigenvalue weighted by atomic mass is 16.5. The summed E-state index contributed by atoms with van der Waals surface area (Å²) in [5.41, 5.74) is 9.39. The molecule has 0 unspecified atom stereocenters. The van der Waals surface area contributed by atoms with Crippen LogP contribution in [0.1, 0.15) is 80.4 Å². The third-order valence-corrected chi connectivity index (χ3v) is 9.20. The van der Waals surface area contributed by atoms with E-state index in [1.165, 1.54) is 79.1 Å². The van der Waals surface area contributed by atoms with Gasteiger partial charge in [-0.05, 0) is 62.4 Å². The van der Waals surface area contributed by atoms with Crippen LogP contribution in [0.4, 0.5) is 0 Å². The molecule has 6 nitrogen and oxygen atoms in total. The van der Waals surface area contributed by atoms with Gasteiger partial charge in [-0.1, -0.05) is 37.8 Å². The molecular weight excluding hydrogens is 470 g/mol. The Hall–Kier alpha value is -3.80. The Morgan fingerprint density at radius 2 is 1.39 bits per heavy atom. The average Bonchev–Trinajstić information content (AvgIpc) is 3.78. The number of fused-ring (bicyclic) bond motifs is 5. The van der Waals surface area contributed by atoms with E-state index in [0.717, 1.165) is 39.9 Å². The average molecular weight is 504 g/mol. The number of rotatable bonds is 4. The molecule has 2 N–H and O–H groups in total. The number of ether oxygens (including phenoxy) is 1. The van der Waals surface area contributed by atoms with Gasteiger partial charge in [0.1, 0.15) is 17.4 Å². The molecule has 0 amide bonds. The van der Waals surface area contributed by atoms with E-state index in [9.17, 15) is 0 Å². The van der Waals surface area contributed by atoms with Gasteiger partial charge in [0.2, 0.25) is 0 Å². The Morgan fingerprint density at radius 1 is 0.789 bits per heavy atom. The van der Waals surface area contributed by atoms with Crippen LogP contribution in [0.2, 0.25) is 0 Å². The second kappa shape index (κ2) is 8.62. The number of aromatic amines is 2. The van der Waals surface area contributed by atoms with E-state index in [0.29, 0.717) is 18.6 Å². The molecule has 3 aliphatic rings. The molecule has 2 aliphatic carbocycles. The Morgan fingerprint density at radius 3 is 2.05 bits per heavy atom. The quantitative estimate of drug-likeness (QED) is 0.260. The van der Waals surface area contributed by atoms with E-state index in [1.54, 1.807) is 0 Å². The summed E-state index contributed by atoms with van der Waals surface area (Å²) in [7, 11) is 0. The lowest BCUT2D eigenvalue weighted by Crippen LogP contribution is -2.12. The van der Waals surface area contributed by atoms with Crippen molar-refractivity contribution in [3.8, 4) is 39.5 Å². The topological polar surface area (TPSA) is 71.5 Å². The van der Waals surface area contributed by atoms with Crippen molar-refractivity contribution in [3.05, 3.63) is 66.0 Å². The molecule has 1 aliphatic heterocycles. The van der Waals surface area contributed by atoms with Crippen LogP contribution in [0.5, 0.6) is 5.75 Å². The van der Waals surface area contributed by atoms with Gasteiger partial charge in [0, 0.05) is 33.9 Å². The number of H-pyrrole nitrogens is 2. The van der Waals surface area contributed by atoms with Gasteiger partial charge in [0.05, 0.1) is 35.0 Å². The fourth-order valence-corrected chi connectivity index (χ4v) is 7.09. The lowest BCUT2D eigenvalue weighted by molar-refractivity contribution is 0.235. The van der Waals surface area contributed by atoms with Gasteiger partial charge in [-0.25, -0.2) is 9.97 Å². The maximum atomic E-state index is 6.33. The van der Waals surface area contributed by atoms with E-state index in [1.807, 2.05) is 12.4 Å². The smallest absolute Gasteiger partial charge is 0.165 e. The number of hydrogen-bond acceptors (Lipinski definition) is 3. The third kappa shape index (κ3) is 3.46. The molecule has 4 heterocycles. The summed E-state index contributed by atoms with van der Waals surface area (Å²) in [4.78, 5) is 16.7. The first-order chi connectivity index (χ1) is 18.7. The van der Waals surface area contributed by atoms with Gasteiger partial charge >= 0.3 is 0 Å². The summed E-state index contributed by atoms with van der Waals surface area (Å²) in [5.74, 6) is 4.39. The third-order valence-electron chi connectivity index (χ3n) is 9.20. The van der Waals surface area contributed by atoms with Crippen molar-refractivity contribution in [1.82, 2.24) is 24.5 Å². The fraction of sp³-hybridized carbons (Fsp3) is 0.375. The molecule has 2 fully saturated rings. The lowest BCUT2D eigenvalue weighted by Gasteiger charge is -2.22. The second-order valence-corrected chi connectivity index (χ2v) is 11.4. The van der Waals surface area contributed by atoms with Crippen molar-refractivity contribution in [1.29, 1.82) is 0 Å². The van der Waals surface area contributed by atoms with Crippen molar-refractivity contribution in [2.24, 2.45) is 0 Å². The molecule has 0 spiro atoms. The summed E-state index contributed by atoms with van der Waals surface area (Å²) < 4.78 is 8.64. The van der Waals surface area contributed by atoms with Crippen molar-refractivity contribution < 1.29 is 4.74 Å². The van der Waals surface area contributed by atoms with Crippen molar-refractivity contribution >= 4 is 10.9 Å². The Kier molecular flexibility index (Phi) is 5.04. The molecule has 38 heavy (non-hydrogen) atoms. The van der Waals surface area contributed by atoms with Crippen LogP contribution in [0.15, 0.2) is 48.8 Å². The van der Waals surface area contributed by atoms with Gasteiger partial charge in [-0.15, -0.1) is 0 Å². The summed E-state index contributed by atoms with van der Waals surface area (Å²) >= 11 is 0. The number of benzene rings is 2. The van der Waals surface area contributed by atoms with Crippen molar-refractivity contribution in [2.75, 3.05) is 0 Å². The predicted octanol–water partition coefficient (Wildman–Crippen LogP) is 8.06. The first kappa shape index (κ1) is 22.2. The van der Waals surface area contributed by atoms with Crippen LogP contribution in [-0.4, -0.2) is 24.5 Å². The Bertz CT molecular complexity index is 1660. The predicted molar refractivity (Wildman–Crippen MR) is 150 cm³/mol. The zero-order valence-electron chi connectivity index (χ0n) is 21.9. The number of nitrogens with one attached hydrogen (secondary N) is 2. The first-order valence-corrected chi connectivity index (χ1v) is 14.2. The minimum atomic E-state index is 0.516. The Labute approximate surface area is 222 Å². The number of imidazole rings is 2. The molecule has 0 bridgehead atoms. The Balaban J connectivity index is 1.14.